The highest BCUT2D eigenvalue weighted by Crippen LogP contribution is 2.33. The molecule has 0 saturated carbocycles. The molecule has 0 fully saturated rings. The van der Waals surface area contributed by atoms with Gasteiger partial charge in [-0.25, -0.2) is 4.98 Å². The number of thiazole rings is 1. The molecule has 0 aliphatic heterocycles. The fourth-order valence-electron chi connectivity index (χ4n) is 1.90. The number of hydrogen-bond acceptors (Lipinski definition) is 3. The van der Waals surface area contributed by atoms with Gasteiger partial charge in [-0.1, -0.05) is 12.1 Å². The molecule has 1 aromatic carbocycles. The molecule has 2 nitrogen and oxygen atoms in total. The maximum atomic E-state index is 12.6. The van der Waals surface area contributed by atoms with E-state index < -0.39 is 11.7 Å². The summed E-state index contributed by atoms with van der Waals surface area (Å²) in [5.41, 5.74) is 1.49. The highest BCUT2D eigenvalue weighted by molar-refractivity contribution is 9.10. The molecule has 0 radical (unpaired) electrons. The minimum atomic E-state index is -4.33. The van der Waals surface area contributed by atoms with E-state index in [1.165, 1.54) is 23.5 Å². The van der Waals surface area contributed by atoms with Crippen LogP contribution in [0.5, 0.6) is 0 Å². The van der Waals surface area contributed by atoms with Gasteiger partial charge < -0.3 is 0 Å². The standard InChI is InChI=1S/C15H8BrF3N2S/c16-12-5-10(6-20-7-12)14-21-13(8-22-14)9-1-3-11(4-2-9)15(17,18)19/h1-8H. The van der Waals surface area contributed by atoms with Gasteiger partial charge in [-0.15, -0.1) is 11.3 Å². The molecule has 22 heavy (non-hydrogen) atoms. The SMILES string of the molecule is FC(F)(F)c1ccc(-c2csc(-c3cncc(Br)c3)n2)cc1. The first-order valence-corrected chi connectivity index (χ1v) is 7.85. The minimum absolute atomic E-state index is 0.647. The zero-order valence-electron chi connectivity index (χ0n) is 10.9. The number of benzene rings is 1. The minimum Gasteiger partial charge on any atom is -0.263 e. The van der Waals surface area contributed by atoms with E-state index in [-0.39, 0.29) is 0 Å². The van der Waals surface area contributed by atoms with Gasteiger partial charge in [0, 0.05) is 33.4 Å². The fourth-order valence-corrected chi connectivity index (χ4v) is 3.07. The normalized spacial score (nSPS) is 11.6. The molecule has 0 N–H and O–H groups in total. The average molecular weight is 385 g/mol. The quantitative estimate of drug-likeness (QED) is 0.570. The highest BCUT2D eigenvalue weighted by Gasteiger charge is 2.30. The zero-order valence-corrected chi connectivity index (χ0v) is 13.3. The van der Waals surface area contributed by atoms with Crippen molar-refractivity contribution in [1.82, 2.24) is 9.97 Å². The van der Waals surface area contributed by atoms with Crippen molar-refractivity contribution in [1.29, 1.82) is 0 Å². The topological polar surface area (TPSA) is 25.8 Å². The van der Waals surface area contributed by atoms with E-state index in [2.05, 4.69) is 25.9 Å². The number of aromatic nitrogens is 2. The summed E-state index contributed by atoms with van der Waals surface area (Å²) < 4.78 is 38.5. The maximum Gasteiger partial charge on any atom is 0.416 e. The lowest BCUT2D eigenvalue weighted by molar-refractivity contribution is -0.137. The van der Waals surface area contributed by atoms with E-state index >= 15 is 0 Å². The van der Waals surface area contributed by atoms with E-state index in [0.29, 0.717) is 11.3 Å². The Morgan fingerprint density at radius 3 is 2.36 bits per heavy atom. The van der Waals surface area contributed by atoms with Crippen LogP contribution in [-0.4, -0.2) is 9.97 Å². The molecule has 0 unspecified atom stereocenters. The third-order valence-corrected chi connectivity index (χ3v) is 4.29. The highest BCUT2D eigenvalue weighted by atomic mass is 79.9. The van der Waals surface area contributed by atoms with Gasteiger partial charge in [0.05, 0.1) is 11.3 Å². The molecule has 0 amide bonds. The number of pyridine rings is 1. The van der Waals surface area contributed by atoms with Crippen LogP contribution in [0.4, 0.5) is 13.2 Å². The number of hydrogen-bond donors (Lipinski definition) is 0. The Morgan fingerprint density at radius 2 is 1.73 bits per heavy atom. The van der Waals surface area contributed by atoms with E-state index in [4.69, 9.17) is 0 Å². The van der Waals surface area contributed by atoms with Gasteiger partial charge in [0.15, 0.2) is 0 Å². The maximum absolute atomic E-state index is 12.6. The lowest BCUT2D eigenvalue weighted by atomic mass is 10.1. The van der Waals surface area contributed by atoms with Gasteiger partial charge in [0.1, 0.15) is 5.01 Å². The van der Waals surface area contributed by atoms with Crippen LogP contribution >= 0.6 is 27.3 Å². The Balaban J connectivity index is 1.91. The van der Waals surface area contributed by atoms with Crippen molar-refractivity contribution in [2.45, 2.75) is 6.18 Å². The monoisotopic (exact) mass is 384 g/mol. The molecular weight excluding hydrogens is 377 g/mol. The van der Waals surface area contributed by atoms with Crippen molar-refractivity contribution in [2.24, 2.45) is 0 Å². The Morgan fingerprint density at radius 1 is 1.00 bits per heavy atom. The molecule has 2 aromatic heterocycles. The summed E-state index contributed by atoms with van der Waals surface area (Å²) in [6, 6.07) is 6.88. The van der Waals surface area contributed by atoms with Gasteiger partial charge in [-0.3, -0.25) is 4.98 Å². The molecule has 0 aliphatic carbocycles. The summed E-state index contributed by atoms with van der Waals surface area (Å²) >= 11 is 4.77. The summed E-state index contributed by atoms with van der Waals surface area (Å²) in [6.07, 6.45) is -0.957. The molecule has 3 rings (SSSR count). The van der Waals surface area contributed by atoms with Gasteiger partial charge in [0.2, 0.25) is 0 Å². The van der Waals surface area contributed by atoms with Crippen molar-refractivity contribution in [3.63, 3.8) is 0 Å². The lowest BCUT2D eigenvalue weighted by Crippen LogP contribution is -2.03. The summed E-state index contributed by atoms with van der Waals surface area (Å²) in [4.78, 5) is 8.54. The van der Waals surface area contributed by atoms with E-state index in [0.717, 1.165) is 27.2 Å². The molecule has 0 atom stereocenters. The molecule has 0 spiro atoms. The average Bonchev–Trinajstić information content (AvgIpc) is 2.96. The second kappa shape index (κ2) is 5.81. The molecule has 0 saturated heterocycles. The molecule has 0 bridgehead atoms. The van der Waals surface area contributed by atoms with Crippen molar-refractivity contribution >= 4 is 27.3 Å². The van der Waals surface area contributed by atoms with E-state index in [1.807, 2.05) is 11.4 Å². The van der Waals surface area contributed by atoms with Crippen molar-refractivity contribution in [2.75, 3.05) is 0 Å². The molecule has 2 heterocycles. The third-order valence-electron chi connectivity index (χ3n) is 2.96. The van der Waals surface area contributed by atoms with Crippen LogP contribution in [0.3, 0.4) is 0 Å². The molecule has 7 heteroatoms. The molecule has 3 aromatic rings. The summed E-state index contributed by atoms with van der Waals surface area (Å²) in [5, 5.41) is 2.59. The van der Waals surface area contributed by atoms with Crippen LogP contribution in [0.15, 0.2) is 52.6 Å². The molecular formula is C15H8BrF3N2S. The second-order valence-electron chi connectivity index (χ2n) is 4.50. The summed E-state index contributed by atoms with van der Waals surface area (Å²) in [5.74, 6) is 0. The Kier molecular flexibility index (Phi) is 4.01. The third kappa shape index (κ3) is 3.20. The van der Waals surface area contributed by atoms with Gasteiger partial charge in [-0.2, -0.15) is 13.2 Å². The van der Waals surface area contributed by atoms with Gasteiger partial charge in [0.25, 0.3) is 0 Å². The van der Waals surface area contributed by atoms with Crippen molar-refractivity contribution in [3.8, 4) is 21.8 Å². The van der Waals surface area contributed by atoms with Crippen molar-refractivity contribution in [3.05, 3.63) is 58.1 Å². The van der Waals surface area contributed by atoms with Crippen LogP contribution in [0.2, 0.25) is 0 Å². The smallest absolute Gasteiger partial charge is 0.263 e. The first kappa shape index (κ1) is 15.2. The van der Waals surface area contributed by atoms with Gasteiger partial charge >= 0.3 is 6.18 Å². The zero-order chi connectivity index (χ0) is 15.7. The Bertz CT molecular complexity index is 797. The largest absolute Gasteiger partial charge is 0.416 e. The van der Waals surface area contributed by atoms with E-state index in [9.17, 15) is 13.2 Å². The fraction of sp³-hybridized carbons (Fsp3) is 0.0667. The predicted octanol–water partition coefficient (Wildman–Crippen LogP) is 5.65. The van der Waals surface area contributed by atoms with Crippen LogP contribution < -0.4 is 0 Å². The number of rotatable bonds is 2. The Hall–Kier alpha value is -1.73. The van der Waals surface area contributed by atoms with Crippen LogP contribution in [0, 0.1) is 0 Å². The first-order valence-electron chi connectivity index (χ1n) is 6.17. The second-order valence-corrected chi connectivity index (χ2v) is 6.28. The molecule has 112 valence electrons. The van der Waals surface area contributed by atoms with Crippen LogP contribution in [0.25, 0.3) is 21.8 Å². The number of alkyl halides is 3. The first-order chi connectivity index (χ1) is 10.4. The van der Waals surface area contributed by atoms with E-state index in [1.54, 1.807) is 12.4 Å². The predicted molar refractivity (Wildman–Crippen MR) is 83.5 cm³/mol. The Labute approximate surface area is 136 Å². The summed E-state index contributed by atoms with van der Waals surface area (Å²) in [7, 11) is 0. The van der Waals surface area contributed by atoms with Crippen molar-refractivity contribution < 1.29 is 13.2 Å². The van der Waals surface area contributed by atoms with Crippen LogP contribution in [0.1, 0.15) is 5.56 Å². The van der Waals surface area contributed by atoms with Gasteiger partial charge in [-0.05, 0) is 34.1 Å². The summed E-state index contributed by atoms with van der Waals surface area (Å²) in [6.45, 7) is 0. The van der Waals surface area contributed by atoms with Crippen LogP contribution in [-0.2, 0) is 6.18 Å². The number of nitrogens with zero attached hydrogens (tertiary/aromatic N) is 2. The number of halogens is 4. The lowest BCUT2D eigenvalue weighted by Gasteiger charge is -2.06. The molecule has 0 aliphatic rings.